The quantitative estimate of drug-likeness (QED) is 0.675. The molecule has 0 saturated heterocycles. The van der Waals surface area contributed by atoms with E-state index in [1.54, 1.807) is 10.6 Å². The minimum atomic E-state index is -0.122. The molecule has 0 saturated carbocycles. The van der Waals surface area contributed by atoms with Crippen LogP contribution in [0.5, 0.6) is 0 Å². The average molecular weight is 374 g/mol. The molecular weight excluding hydrogens is 358 g/mol. The van der Waals surface area contributed by atoms with Gasteiger partial charge in [0.05, 0.1) is 16.6 Å². The Morgan fingerprint density at radius 2 is 1.87 bits per heavy atom. The SMILES string of the molecule is O=C(NCCCn1c(=O)[nH]c2ccccc21)c1ccccc1Br. The van der Waals surface area contributed by atoms with Crippen LogP contribution in [-0.2, 0) is 6.54 Å². The zero-order valence-corrected chi connectivity index (χ0v) is 14.0. The van der Waals surface area contributed by atoms with Crippen LogP contribution in [0.15, 0.2) is 57.8 Å². The number of amides is 1. The maximum Gasteiger partial charge on any atom is 0.326 e. The van der Waals surface area contributed by atoms with Crippen molar-refractivity contribution in [2.24, 2.45) is 0 Å². The fourth-order valence-corrected chi connectivity index (χ4v) is 2.97. The van der Waals surface area contributed by atoms with Gasteiger partial charge in [0.25, 0.3) is 5.91 Å². The number of rotatable bonds is 5. The highest BCUT2D eigenvalue weighted by Crippen LogP contribution is 2.15. The van der Waals surface area contributed by atoms with Crippen LogP contribution < -0.4 is 11.0 Å². The molecule has 3 aromatic rings. The van der Waals surface area contributed by atoms with Gasteiger partial charge in [-0.15, -0.1) is 0 Å². The van der Waals surface area contributed by atoms with Crippen LogP contribution in [-0.4, -0.2) is 22.0 Å². The molecule has 0 fully saturated rings. The van der Waals surface area contributed by atoms with Gasteiger partial charge in [0, 0.05) is 17.6 Å². The summed E-state index contributed by atoms with van der Waals surface area (Å²) in [5.74, 6) is -0.122. The number of aryl methyl sites for hydroxylation is 1. The molecule has 2 aromatic carbocycles. The Morgan fingerprint density at radius 1 is 1.13 bits per heavy atom. The molecule has 0 bridgehead atoms. The lowest BCUT2D eigenvalue weighted by Crippen LogP contribution is -2.26. The first-order valence-corrected chi connectivity index (χ1v) is 8.16. The Bertz CT molecular complexity index is 898. The van der Waals surface area contributed by atoms with Gasteiger partial charge in [0.1, 0.15) is 0 Å². The topological polar surface area (TPSA) is 66.9 Å². The second kappa shape index (κ2) is 6.83. The number of hydrogen-bond acceptors (Lipinski definition) is 2. The van der Waals surface area contributed by atoms with Gasteiger partial charge in [-0.25, -0.2) is 4.79 Å². The molecule has 3 rings (SSSR count). The van der Waals surface area contributed by atoms with Crippen LogP contribution in [0.2, 0.25) is 0 Å². The van der Waals surface area contributed by atoms with E-state index in [1.165, 1.54) is 0 Å². The molecule has 0 aliphatic rings. The van der Waals surface area contributed by atoms with E-state index in [9.17, 15) is 9.59 Å². The van der Waals surface area contributed by atoms with Crippen LogP contribution >= 0.6 is 15.9 Å². The molecule has 2 N–H and O–H groups in total. The maximum absolute atomic E-state index is 12.1. The largest absolute Gasteiger partial charge is 0.352 e. The van der Waals surface area contributed by atoms with E-state index in [-0.39, 0.29) is 11.6 Å². The van der Waals surface area contributed by atoms with E-state index < -0.39 is 0 Å². The molecule has 1 aromatic heterocycles. The summed E-state index contributed by atoms with van der Waals surface area (Å²) in [5, 5.41) is 2.88. The first-order chi connectivity index (χ1) is 11.2. The summed E-state index contributed by atoms with van der Waals surface area (Å²) in [6.07, 6.45) is 0.679. The number of benzene rings is 2. The lowest BCUT2D eigenvalue weighted by molar-refractivity contribution is 0.0952. The Hall–Kier alpha value is -2.34. The third kappa shape index (κ3) is 3.37. The van der Waals surface area contributed by atoms with Crippen molar-refractivity contribution < 1.29 is 4.79 Å². The van der Waals surface area contributed by atoms with E-state index in [1.807, 2.05) is 42.5 Å². The number of aromatic nitrogens is 2. The molecule has 5 nitrogen and oxygen atoms in total. The van der Waals surface area contributed by atoms with Crippen molar-refractivity contribution in [1.82, 2.24) is 14.9 Å². The lowest BCUT2D eigenvalue weighted by Gasteiger charge is -2.07. The monoisotopic (exact) mass is 373 g/mol. The van der Waals surface area contributed by atoms with Gasteiger partial charge >= 0.3 is 5.69 Å². The number of para-hydroxylation sites is 2. The Balaban J connectivity index is 1.59. The average Bonchev–Trinajstić information content (AvgIpc) is 2.87. The van der Waals surface area contributed by atoms with Crippen LogP contribution in [0.4, 0.5) is 0 Å². The van der Waals surface area contributed by atoms with Gasteiger partial charge in [0.15, 0.2) is 0 Å². The molecule has 0 atom stereocenters. The number of imidazole rings is 1. The third-order valence-corrected chi connectivity index (χ3v) is 4.34. The van der Waals surface area contributed by atoms with Crippen LogP contribution in [0, 0.1) is 0 Å². The second-order valence-electron chi connectivity index (χ2n) is 5.19. The lowest BCUT2D eigenvalue weighted by atomic mass is 10.2. The first-order valence-electron chi connectivity index (χ1n) is 7.37. The molecule has 6 heteroatoms. The summed E-state index contributed by atoms with van der Waals surface area (Å²) in [4.78, 5) is 26.9. The highest BCUT2D eigenvalue weighted by molar-refractivity contribution is 9.10. The molecule has 1 heterocycles. The van der Waals surface area contributed by atoms with Gasteiger partial charge in [-0.3, -0.25) is 9.36 Å². The van der Waals surface area contributed by atoms with Crippen molar-refractivity contribution >= 4 is 32.9 Å². The summed E-state index contributed by atoms with van der Waals surface area (Å²) in [6.45, 7) is 1.06. The molecule has 0 aliphatic carbocycles. The zero-order chi connectivity index (χ0) is 16.2. The van der Waals surface area contributed by atoms with Crippen LogP contribution in [0.25, 0.3) is 11.0 Å². The fraction of sp³-hybridized carbons (Fsp3) is 0.176. The molecule has 1 amide bonds. The summed E-state index contributed by atoms with van der Waals surface area (Å²) in [5.41, 5.74) is 2.20. The molecule has 23 heavy (non-hydrogen) atoms. The number of hydrogen-bond donors (Lipinski definition) is 2. The van der Waals surface area contributed by atoms with Crippen molar-refractivity contribution in [3.05, 3.63) is 69.1 Å². The number of fused-ring (bicyclic) bond motifs is 1. The van der Waals surface area contributed by atoms with Gasteiger partial charge in [-0.1, -0.05) is 24.3 Å². The minimum absolute atomic E-state index is 0.122. The van der Waals surface area contributed by atoms with E-state index in [0.29, 0.717) is 25.1 Å². The van der Waals surface area contributed by atoms with Gasteiger partial charge in [0.2, 0.25) is 0 Å². The smallest absolute Gasteiger partial charge is 0.326 e. The molecule has 0 spiro atoms. The van der Waals surface area contributed by atoms with E-state index >= 15 is 0 Å². The minimum Gasteiger partial charge on any atom is -0.352 e. The molecule has 0 unspecified atom stereocenters. The van der Waals surface area contributed by atoms with E-state index in [2.05, 4.69) is 26.2 Å². The summed E-state index contributed by atoms with van der Waals surface area (Å²) >= 11 is 3.36. The number of aromatic amines is 1. The number of carbonyl (C=O) groups is 1. The highest BCUT2D eigenvalue weighted by atomic mass is 79.9. The van der Waals surface area contributed by atoms with Crippen molar-refractivity contribution in [3.8, 4) is 0 Å². The van der Waals surface area contributed by atoms with Gasteiger partial charge < -0.3 is 10.3 Å². The number of nitrogens with zero attached hydrogens (tertiary/aromatic N) is 1. The number of H-pyrrole nitrogens is 1. The first kappa shape index (κ1) is 15.6. The van der Waals surface area contributed by atoms with E-state index in [4.69, 9.17) is 0 Å². The van der Waals surface area contributed by atoms with Crippen molar-refractivity contribution in [3.63, 3.8) is 0 Å². The maximum atomic E-state index is 12.1. The normalized spacial score (nSPS) is 10.8. The van der Waals surface area contributed by atoms with Crippen LogP contribution in [0.1, 0.15) is 16.8 Å². The standard InChI is InChI=1S/C17H16BrN3O2/c18-13-7-2-1-6-12(13)16(22)19-10-5-11-21-15-9-4-3-8-14(15)20-17(21)23/h1-4,6-9H,5,10-11H2,(H,19,22)(H,20,23). The fourth-order valence-electron chi connectivity index (χ4n) is 2.51. The Kier molecular flexibility index (Phi) is 4.62. The molecule has 0 radical (unpaired) electrons. The van der Waals surface area contributed by atoms with Crippen molar-refractivity contribution in [2.45, 2.75) is 13.0 Å². The zero-order valence-electron chi connectivity index (χ0n) is 12.4. The second-order valence-corrected chi connectivity index (χ2v) is 6.04. The van der Waals surface area contributed by atoms with Gasteiger partial charge in [-0.05, 0) is 46.6 Å². The van der Waals surface area contributed by atoms with Gasteiger partial charge in [-0.2, -0.15) is 0 Å². The highest BCUT2D eigenvalue weighted by Gasteiger charge is 2.09. The molecule has 118 valence electrons. The number of nitrogens with one attached hydrogen (secondary N) is 2. The number of carbonyl (C=O) groups excluding carboxylic acids is 1. The summed E-state index contributed by atoms with van der Waals surface area (Å²) in [7, 11) is 0. The van der Waals surface area contributed by atoms with E-state index in [0.717, 1.165) is 15.5 Å². The predicted octanol–water partition coefficient (Wildman–Crippen LogP) is 2.91. The molecular formula is C17H16BrN3O2. The summed E-state index contributed by atoms with van der Waals surface area (Å²) < 4.78 is 2.46. The summed E-state index contributed by atoms with van der Waals surface area (Å²) in [6, 6.07) is 14.9. The Morgan fingerprint density at radius 3 is 2.70 bits per heavy atom. The predicted molar refractivity (Wildman–Crippen MR) is 93.7 cm³/mol. The number of halogens is 1. The van der Waals surface area contributed by atoms with Crippen LogP contribution in [0.3, 0.4) is 0 Å². The van der Waals surface area contributed by atoms with Crippen molar-refractivity contribution in [2.75, 3.05) is 6.54 Å². The van der Waals surface area contributed by atoms with Crippen molar-refractivity contribution in [1.29, 1.82) is 0 Å². The third-order valence-electron chi connectivity index (χ3n) is 3.64. The molecule has 0 aliphatic heterocycles. The Labute approximate surface area is 141 Å².